The van der Waals surface area contributed by atoms with Crippen molar-refractivity contribution in [3.63, 3.8) is 0 Å². The van der Waals surface area contributed by atoms with Gasteiger partial charge in [0.15, 0.2) is 0 Å². The number of aromatic nitrogens is 1. The number of hydrogen-bond donors (Lipinski definition) is 1. The fraction of sp³-hybridized carbons (Fsp3) is 0.172. The highest BCUT2D eigenvalue weighted by Gasteiger charge is 2.17. The quantitative estimate of drug-likeness (QED) is 0.386. The molecule has 1 unspecified atom stereocenters. The molecule has 1 aromatic heterocycles. The lowest BCUT2D eigenvalue weighted by Crippen LogP contribution is -1.96. The van der Waals surface area contributed by atoms with Crippen molar-refractivity contribution in [1.82, 2.24) is 4.98 Å². The minimum absolute atomic E-state index is 0.291. The molecule has 5 heteroatoms. The van der Waals surface area contributed by atoms with E-state index in [0.717, 1.165) is 45.6 Å². The number of nitrogens with one attached hydrogen (secondary N) is 1. The van der Waals surface area contributed by atoms with Crippen LogP contribution in [-0.4, -0.2) is 14.9 Å². The first-order valence-corrected chi connectivity index (χ1v) is 12.7. The second-order valence-corrected chi connectivity index (χ2v) is 9.64. The van der Waals surface area contributed by atoms with Crippen molar-refractivity contribution in [2.45, 2.75) is 26.7 Å². The van der Waals surface area contributed by atoms with Gasteiger partial charge >= 0.3 is 0 Å². The van der Waals surface area contributed by atoms with Crippen LogP contribution in [0, 0.1) is 11.6 Å². The molecule has 0 amide bonds. The zero-order valence-electron chi connectivity index (χ0n) is 19.3. The molecule has 1 atom stereocenters. The van der Waals surface area contributed by atoms with Gasteiger partial charge < -0.3 is 4.98 Å². The molecule has 0 spiro atoms. The third-order valence-electron chi connectivity index (χ3n) is 5.69. The molecule has 0 radical (unpaired) electrons. The molecule has 0 bridgehead atoms. The third-order valence-corrected chi connectivity index (χ3v) is 7.12. The largest absolute Gasteiger partial charge is 0.355 e. The van der Waals surface area contributed by atoms with Crippen LogP contribution in [0.3, 0.4) is 0 Å². The van der Waals surface area contributed by atoms with Gasteiger partial charge in [-0.15, -0.1) is 0 Å². The van der Waals surface area contributed by atoms with Crippen LogP contribution in [0.15, 0.2) is 78.2 Å². The summed E-state index contributed by atoms with van der Waals surface area (Å²) in [7, 11) is -1.06. The van der Waals surface area contributed by atoms with Crippen molar-refractivity contribution < 1.29 is 13.0 Å². The second-order valence-electron chi connectivity index (χ2n) is 8.24. The van der Waals surface area contributed by atoms with E-state index in [1.807, 2.05) is 56.4 Å². The number of benzene rings is 2. The van der Waals surface area contributed by atoms with Crippen LogP contribution in [0.2, 0.25) is 0 Å². The molecule has 4 rings (SSSR count). The first-order valence-electron chi connectivity index (χ1n) is 11.3. The smallest absolute Gasteiger partial charge is 0.131 e. The summed E-state index contributed by atoms with van der Waals surface area (Å²) in [6.07, 6.45) is 11.4. The molecule has 0 saturated heterocycles. The summed E-state index contributed by atoms with van der Waals surface area (Å²) in [6, 6.07) is 13.5. The molecule has 174 valence electrons. The molecule has 3 aromatic rings. The Morgan fingerprint density at radius 1 is 1.06 bits per heavy atom. The molecule has 0 aliphatic heterocycles. The van der Waals surface area contributed by atoms with Gasteiger partial charge in [-0.1, -0.05) is 43.4 Å². The number of hydrogen-bond acceptors (Lipinski definition) is 1. The Hall–Kier alpha value is -3.31. The number of aromatic amines is 1. The maximum atomic E-state index is 15.5. The molecule has 2 nitrogen and oxygen atoms in total. The standard InChI is InChI=1S/C29H27F2NOS/c1-3-16-34(33)19-20(2)22-12-15-25(27(31)17-22)24-8-6-4-5-7-9-28-26(24)18-29(32-28)21-10-13-23(30)14-11-21/h4-5,7-15,17-19,32H,3,6,16H2,1-2H3. The summed E-state index contributed by atoms with van der Waals surface area (Å²) in [5, 5.41) is 1.70. The highest BCUT2D eigenvalue weighted by molar-refractivity contribution is 7.88. The van der Waals surface area contributed by atoms with E-state index < -0.39 is 10.8 Å². The van der Waals surface area contributed by atoms with E-state index in [-0.39, 0.29) is 11.6 Å². The Morgan fingerprint density at radius 3 is 2.59 bits per heavy atom. The van der Waals surface area contributed by atoms with Crippen molar-refractivity contribution in [1.29, 1.82) is 0 Å². The van der Waals surface area contributed by atoms with Gasteiger partial charge in [-0.05, 0) is 84.5 Å². The number of H-pyrrole nitrogens is 1. The molecule has 0 saturated carbocycles. The summed E-state index contributed by atoms with van der Waals surface area (Å²) in [6.45, 7) is 3.84. The highest BCUT2D eigenvalue weighted by Crippen LogP contribution is 2.34. The summed E-state index contributed by atoms with van der Waals surface area (Å²) < 4.78 is 41.0. The SMILES string of the molecule is CCCS(=O)C=C(C)c1ccc(C2=CCC=CC=Cc3[nH]c(-c4ccc(F)cc4)cc32)c(F)c1. The summed E-state index contributed by atoms with van der Waals surface area (Å²) >= 11 is 0. The lowest BCUT2D eigenvalue weighted by Gasteiger charge is -2.11. The topological polar surface area (TPSA) is 32.9 Å². The minimum Gasteiger partial charge on any atom is -0.355 e. The molecule has 34 heavy (non-hydrogen) atoms. The van der Waals surface area contributed by atoms with Gasteiger partial charge in [0.1, 0.15) is 11.6 Å². The molecular formula is C29H27F2NOS. The monoisotopic (exact) mass is 475 g/mol. The molecule has 0 fully saturated rings. The van der Waals surface area contributed by atoms with Gasteiger partial charge in [0.25, 0.3) is 0 Å². The van der Waals surface area contributed by atoms with Gasteiger partial charge in [0, 0.05) is 44.5 Å². The normalized spacial score (nSPS) is 14.7. The van der Waals surface area contributed by atoms with Crippen LogP contribution in [0.5, 0.6) is 0 Å². The molecule has 2 aromatic carbocycles. The zero-order chi connectivity index (χ0) is 24.1. The van der Waals surface area contributed by atoms with Crippen molar-refractivity contribution in [2.24, 2.45) is 0 Å². The Morgan fingerprint density at radius 2 is 1.85 bits per heavy atom. The van der Waals surface area contributed by atoms with E-state index in [0.29, 0.717) is 17.7 Å². The Bertz CT molecular complexity index is 1330. The molecule has 1 N–H and O–H groups in total. The van der Waals surface area contributed by atoms with E-state index in [9.17, 15) is 8.60 Å². The number of halogens is 2. The van der Waals surface area contributed by atoms with Crippen LogP contribution < -0.4 is 0 Å². The van der Waals surface area contributed by atoms with Gasteiger partial charge in [-0.2, -0.15) is 0 Å². The third kappa shape index (κ3) is 5.42. The lowest BCUT2D eigenvalue weighted by molar-refractivity contribution is 0.623. The van der Waals surface area contributed by atoms with Gasteiger partial charge in [0.05, 0.1) is 0 Å². The summed E-state index contributed by atoms with van der Waals surface area (Å²) in [5.41, 5.74) is 6.22. The molecular weight excluding hydrogens is 448 g/mol. The van der Waals surface area contributed by atoms with Gasteiger partial charge in [-0.25, -0.2) is 8.78 Å². The molecule has 1 aliphatic rings. The number of rotatable bonds is 6. The Kier molecular flexibility index (Phi) is 7.53. The second kappa shape index (κ2) is 10.7. The van der Waals surface area contributed by atoms with Crippen LogP contribution in [-0.2, 0) is 10.8 Å². The van der Waals surface area contributed by atoms with Crippen LogP contribution in [0.4, 0.5) is 8.78 Å². The lowest BCUT2D eigenvalue weighted by atomic mass is 9.94. The van der Waals surface area contributed by atoms with Crippen molar-refractivity contribution in [3.05, 3.63) is 112 Å². The van der Waals surface area contributed by atoms with Gasteiger partial charge in [0.2, 0.25) is 0 Å². The van der Waals surface area contributed by atoms with Crippen molar-refractivity contribution >= 4 is 28.0 Å². The average molecular weight is 476 g/mol. The maximum absolute atomic E-state index is 15.5. The number of fused-ring (bicyclic) bond motifs is 1. The first-order chi connectivity index (χ1) is 16.5. The molecule has 1 aliphatic carbocycles. The van der Waals surface area contributed by atoms with Crippen LogP contribution in [0.1, 0.15) is 49.1 Å². The summed E-state index contributed by atoms with van der Waals surface area (Å²) in [4.78, 5) is 3.40. The first kappa shape index (κ1) is 23.8. The van der Waals surface area contributed by atoms with E-state index in [4.69, 9.17) is 0 Å². The van der Waals surface area contributed by atoms with Gasteiger partial charge in [-0.3, -0.25) is 4.21 Å². The predicted molar refractivity (Wildman–Crippen MR) is 139 cm³/mol. The van der Waals surface area contributed by atoms with E-state index in [2.05, 4.69) is 4.98 Å². The highest BCUT2D eigenvalue weighted by atomic mass is 32.2. The van der Waals surface area contributed by atoms with E-state index in [1.165, 1.54) is 18.2 Å². The average Bonchev–Trinajstić information content (AvgIpc) is 3.25. The van der Waals surface area contributed by atoms with Crippen LogP contribution in [0.25, 0.3) is 28.5 Å². The van der Waals surface area contributed by atoms with Crippen LogP contribution >= 0.6 is 0 Å². The Labute approximate surface area is 201 Å². The fourth-order valence-electron chi connectivity index (χ4n) is 3.97. The minimum atomic E-state index is -1.06. The Balaban J connectivity index is 1.76. The number of allylic oxidation sites excluding steroid dienone is 5. The maximum Gasteiger partial charge on any atom is 0.131 e. The zero-order valence-corrected chi connectivity index (χ0v) is 20.1. The van der Waals surface area contributed by atoms with Crippen molar-refractivity contribution in [3.8, 4) is 11.3 Å². The molecule has 1 heterocycles. The van der Waals surface area contributed by atoms with E-state index in [1.54, 1.807) is 23.6 Å². The predicted octanol–water partition coefficient (Wildman–Crippen LogP) is 7.88. The summed E-state index contributed by atoms with van der Waals surface area (Å²) in [5.74, 6) is -0.0281. The fourth-order valence-corrected chi connectivity index (χ4v) is 5.02. The van der Waals surface area contributed by atoms with Crippen molar-refractivity contribution in [2.75, 3.05) is 5.75 Å². The van der Waals surface area contributed by atoms with E-state index >= 15 is 4.39 Å².